The molecular weight excluding hydrogens is 272 g/mol. The van der Waals surface area contributed by atoms with Crippen molar-refractivity contribution in [3.05, 3.63) is 46.3 Å². The first-order chi connectivity index (χ1) is 10.1. The highest BCUT2D eigenvalue weighted by molar-refractivity contribution is 5.50. The van der Waals surface area contributed by atoms with E-state index >= 15 is 0 Å². The molecule has 1 heterocycles. The zero-order valence-electron chi connectivity index (χ0n) is 11.9. The van der Waals surface area contributed by atoms with E-state index in [9.17, 15) is 10.1 Å². The van der Waals surface area contributed by atoms with E-state index in [-0.39, 0.29) is 17.3 Å². The summed E-state index contributed by atoms with van der Waals surface area (Å²) in [7, 11) is 0. The Labute approximate surface area is 122 Å². The fourth-order valence-corrected chi connectivity index (χ4v) is 1.70. The smallest absolute Gasteiger partial charge is 0.311 e. The fraction of sp³-hybridized carbons (Fsp3) is 0.286. The lowest BCUT2D eigenvalue weighted by molar-refractivity contribution is -0.385. The minimum Gasteiger partial charge on any atom is -0.430 e. The highest BCUT2D eigenvalue weighted by Gasteiger charge is 2.16. The van der Waals surface area contributed by atoms with Crippen LogP contribution in [0.2, 0.25) is 0 Å². The summed E-state index contributed by atoms with van der Waals surface area (Å²) in [5, 5.41) is 14.1. The topological polar surface area (TPSA) is 90.2 Å². The summed E-state index contributed by atoms with van der Waals surface area (Å²) < 4.78 is 5.49. The molecule has 1 N–H and O–H groups in total. The SMILES string of the molecule is CCCNc1cncc(Oc2ccc(C)cc2[N+](=O)[O-])n1. The number of aromatic nitrogens is 2. The van der Waals surface area contributed by atoms with Gasteiger partial charge < -0.3 is 10.1 Å². The Kier molecular flexibility index (Phi) is 4.65. The maximum Gasteiger partial charge on any atom is 0.311 e. The zero-order valence-corrected chi connectivity index (χ0v) is 11.9. The number of ether oxygens (including phenoxy) is 1. The van der Waals surface area contributed by atoms with Gasteiger partial charge in [0.1, 0.15) is 5.82 Å². The molecular formula is C14H16N4O3. The van der Waals surface area contributed by atoms with Crippen LogP contribution in [0.5, 0.6) is 11.6 Å². The molecule has 7 nitrogen and oxygen atoms in total. The number of aryl methyl sites for hydroxylation is 1. The number of nitrogens with zero attached hydrogens (tertiary/aromatic N) is 3. The van der Waals surface area contributed by atoms with Crippen LogP contribution in [0.3, 0.4) is 0 Å². The number of nitrogens with one attached hydrogen (secondary N) is 1. The summed E-state index contributed by atoms with van der Waals surface area (Å²) in [5.41, 5.74) is 0.696. The summed E-state index contributed by atoms with van der Waals surface area (Å²) in [6, 6.07) is 4.76. The minimum absolute atomic E-state index is 0.0938. The molecule has 0 bridgehead atoms. The molecule has 1 aromatic carbocycles. The molecule has 0 saturated carbocycles. The summed E-state index contributed by atoms with van der Waals surface area (Å²) in [5.74, 6) is 0.930. The standard InChI is InChI=1S/C14H16N4O3/c1-3-6-16-13-8-15-9-14(17-13)21-12-5-4-10(2)7-11(12)18(19)20/h4-5,7-9H,3,6H2,1-2H3,(H,16,17). The van der Waals surface area contributed by atoms with Gasteiger partial charge in [-0.15, -0.1) is 0 Å². The number of hydrogen-bond donors (Lipinski definition) is 1. The van der Waals surface area contributed by atoms with Gasteiger partial charge in [-0.05, 0) is 25.0 Å². The monoisotopic (exact) mass is 288 g/mol. The van der Waals surface area contributed by atoms with Crippen molar-refractivity contribution in [1.29, 1.82) is 0 Å². The lowest BCUT2D eigenvalue weighted by atomic mass is 10.2. The van der Waals surface area contributed by atoms with Crippen molar-refractivity contribution in [2.45, 2.75) is 20.3 Å². The van der Waals surface area contributed by atoms with Crippen LogP contribution in [0.1, 0.15) is 18.9 Å². The Bertz CT molecular complexity index is 646. The Balaban J connectivity index is 2.24. The van der Waals surface area contributed by atoms with Gasteiger partial charge in [0.25, 0.3) is 0 Å². The second-order valence-electron chi connectivity index (χ2n) is 4.50. The number of rotatable bonds is 6. The molecule has 0 aliphatic heterocycles. The van der Waals surface area contributed by atoms with E-state index in [1.807, 2.05) is 6.92 Å². The second-order valence-corrected chi connectivity index (χ2v) is 4.50. The third-order valence-corrected chi connectivity index (χ3v) is 2.69. The Morgan fingerprint density at radius 1 is 1.38 bits per heavy atom. The van der Waals surface area contributed by atoms with Gasteiger partial charge in [-0.2, -0.15) is 4.98 Å². The van der Waals surface area contributed by atoms with Crippen LogP contribution < -0.4 is 10.1 Å². The average Bonchev–Trinajstić information content (AvgIpc) is 2.47. The van der Waals surface area contributed by atoms with E-state index in [2.05, 4.69) is 15.3 Å². The van der Waals surface area contributed by atoms with Crippen LogP contribution in [0.25, 0.3) is 0 Å². The Morgan fingerprint density at radius 2 is 2.19 bits per heavy atom. The van der Waals surface area contributed by atoms with Crippen molar-refractivity contribution < 1.29 is 9.66 Å². The van der Waals surface area contributed by atoms with E-state index in [0.29, 0.717) is 5.82 Å². The van der Waals surface area contributed by atoms with Gasteiger partial charge in [0.15, 0.2) is 0 Å². The van der Waals surface area contributed by atoms with E-state index in [1.54, 1.807) is 25.3 Å². The largest absolute Gasteiger partial charge is 0.430 e. The maximum absolute atomic E-state index is 11.0. The number of nitro groups is 1. The van der Waals surface area contributed by atoms with Crippen LogP contribution in [0, 0.1) is 17.0 Å². The van der Waals surface area contributed by atoms with Crippen LogP contribution in [0.4, 0.5) is 11.5 Å². The molecule has 0 aliphatic carbocycles. The molecule has 0 atom stereocenters. The number of nitro benzene ring substituents is 1. The number of benzene rings is 1. The lowest BCUT2D eigenvalue weighted by Crippen LogP contribution is -2.03. The van der Waals surface area contributed by atoms with E-state index < -0.39 is 4.92 Å². The molecule has 0 fully saturated rings. The van der Waals surface area contributed by atoms with Crippen molar-refractivity contribution in [3.8, 4) is 11.6 Å². The van der Waals surface area contributed by atoms with Crippen molar-refractivity contribution in [1.82, 2.24) is 9.97 Å². The van der Waals surface area contributed by atoms with E-state index in [4.69, 9.17) is 4.74 Å². The quantitative estimate of drug-likeness (QED) is 0.647. The first-order valence-corrected chi connectivity index (χ1v) is 6.59. The molecule has 1 aromatic heterocycles. The molecule has 21 heavy (non-hydrogen) atoms. The maximum atomic E-state index is 11.0. The number of anilines is 1. The van der Waals surface area contributed by atoms with Crippen LogP contribution in [-0.2, 0) is 0 Å². The molecule has 110 valence electrons. The van der Waals surface area contributed by atoms with E-state index in [0.717, 1.165) is 18.5 Å². The van der Waals surface area contributed by atoms with Gasteiger partial charge >= 0.3 is 5.69 Å². The fourth-order valence-electron chi connectivity index (χ4n) is 1.70. The van der Waals surface area contributed by atoms with Gasteiger partial charge in [0, 0.05) is 12.6 Å². The first-order valence-electron chi connectivity index (χ1n) is 6.59. The summed E-state index contributed by atoms with van der Waals surface area (Å²) in [4.78, 5) is 18.8. The van der Waals surface area contributed by atoms with Crippen LogP contribution in [-0.4, -0.2) is 21.4 Å². The van der Waals surface area contributed by atoms with Crippen molar-refractivity contribution in [3.63, 3.8) is 0 Å². The summed E-state index contributed by atoms with van der Waals surface area (Å²) in [6.45, 7) is 4.59. The molecule has 0 amide bonds. The van der Waals surface area contributed by atoms with Gasteiger partial charge in [0.2, 0.25) is 11.6 Å². The molecule has 0 aliphatic rings. The van der Waals surface area contributed by atoms with Crippen LogP contribution in [0.15, 0.2) is 30.6 Å². The predicted octanol–water partition coefficient (Wildman–Crippen LogP) is 3.31. The zero-order chi connectivity index (χ0) is 15.2. The summed E-state index contributed by atoms with van der Waals surface area (Å²) >= 11 is 0. The van der Waals surface area contributed by atoms with Gasteiger partial charge in [-0.25, -0.2) is 0 Å². The molecule has 0 saturated heterocycles. The van der Waals surface area contributed by atoms with Crippen molar-refractivity contribution in [2.75, 3.05) is 11.9 Å². The Morgan fingerprint density at radius 3 is 2.90 bits per heavy atom. The van der Waals surface area contributed by atoms with Gasteiger partial charge in [-0.3, -0.25) is 15.1 Å². The molecule has 2 aromatic rings. The highest BCUT2D eigenvalue weighted by Crippen LogP contribution is 2.31. The third-order valence-electron chi connectivity index (χ3n) is 2.69. The molecule has 7 heteroatoms. The van der Waals surface area contributed by atoms with Crippen molar-refractivity contribution in [2.24, 2.45) is 0 Å². The highest BCUT2D eigenvalue weighted by atomic mass is 16.6. The Hall–Kier alpha value is -2.70. The lowest BCUT2D eigenvalue weighted by Gasteiger charge is -2.08. The molecule has 2 rings (SSSR count). The third kappa shape index (κ3) is 3.88. The molecule has 0 spiro atoms. The predicted molar refractivity (Wildman–Crippen MR) is 78.7 cm³/mol. The van der Waals surface area contributed by atoms with Crippen molar-refractivity contribution >= 4 is 11.5 Å². The van der Waals surface area contributed by atoms with Gasteiger partial charge in [0.05, 0.1) is 17.3 Å². The van der Waals surface area contributed by atoms with Crippen LogP contribution >= 0.6 is 0 Å². The average molecular weight is 288 g/mol. The summed E-state index contributed by atoms with van der Waals surface area (Å²) in [6.07, 6.45) is 3.95. The van der Waals surface area contributed by atoms with Gasteiger partial charge in [-0.1, -0.05) is 13.0 Å². The first kappa shape index (κ1) is 14.7. The molecule has 0 radical (unpaired) electrons. The normalized spacial score (nSPS) is 10.2. The molecule has 0 unspecified atom stereocenters. The van der Waals surface area contributed by atoms with E-state index in [1.165, 1.54) is 12.3 Å². The second kappa shape index (κ2) is 6.65. The number of hydrogen-bond acceptors (Lipinski definition) is 6. The minimum atomic E-state index is -0.477.